The summed E-state index contributed by atoms with van der Waals surface area (Å²) >= 11 is -0.0802. The molecule has 0 bridgehead atoms. The first-order chi connectivity index (χ1) is 4.56. The minimum atomic E-state index is -0.0802. The molecule has 3 nitrogen and oxygen atoms in total. The second-order valence-corrected chi connectivity index (χ2v) is 4.20. The van der Waals surface area contributed by atoms with Crippen LogP contribution < -0.4 is 0 Å². The summed E-state index contributed by atoms with van der Waals surface area (Å²) in [6.45, 7) is 7.11. The maximum atomic E-state index is 8.03. The van der Waals surface area contributed by atoms with E-state index < -0.39 is 0 Å². The number of nitrogens with zero attached hydrogens (tertiary/aromatic N) is 3. The zero-order valence-electron chi connectivity index (χ0n) is 6.36. The summed E-state index contributed by atoms with van der Waals surface area (Å²) in [5, 5.41) is 8.03. The van der Waals surface area contributed by atoms with E-state index in [0.717, 1.165) is 6.54 Å². The van der Waals surface area contributed by atoms with Crippen molar-refractivity contribution in [1.29, 1.82) is 5.26 Å². The average molecular weight is 232 g/mol. The van der Waals surface area contributed by atoms with Crippen LogP contribution in [0, 0.1) is 16.9 Å². The number of hydrogen-bond acceptors (Lipinski definition) is 3. The van der Waals surface area contributed by atoms with Gasteiger partial charge < -0.3 is 0 Å². The normalized spacial score (nSPS) is 10.6. The van der Waals surface area contributed by atoms with E-state index in [1.165, 1.54) is 0 Å². The van der Waals surface area contributed by atoms with Gasteiger partial charge in [-0.2, -0.15) is 0 Å². The molecule has 0 spiro atoms. The van der Waals surface area contributed by atoms with Gasteiger partial charge in [0.25, 0.3) is 0 Å². The third-order valence-electron chi connectivity index (χ3n) is 0.632. The van der Waals surface area contributed by atoms with Crippen molar-refractivity contribution in [2.24, 2.45) is 12.6 Å². The molecule has 0 aliphatic rings. The van der Waals surface area contributed by atoms with Crippen molar-refractivity contribution in [3.05, 3.63) is 0 Å². The first-order valence-corrected chi connectivity index (χ1v) is 4.29. The molecule has 0 unspecified atom stereocenters. The first kappa shape index (κ1) is 9.75. The van der Waals surface area contributed by atoms with Gasteiger partial charge in [-0.3, -0.25) is 0 Å². The Bertz CT molecular complexity index is 190. The summed E-state index contributed by atoms with van der Waals surface area (Å²) in [7, 11) is 0. The Morgan fingerprint density at radius 2 is 2.10 bits per heavy atom. The van der Waals surface area contributed by atoms with Crippen molar-refractivity contribution in [3.8, 4) is 6.19 Å². The van der Waals surface area contributed by atoms with E-state index in [4.69, 9.17) is 5.26 Å². The molecule has 0 rings (SSSR count). The molecule has 60 valence electrons. The molecule has 0 saturated carbocycles. The molecule has 0 saturated heterocycles. The zero-order valence-corrected chi connectivity index (χ0v) is 7.92. The van der Waals surface area contributed by atoms with Crippen LogP contribution in [0.3, 0.4) is 0 Å². The summed E-state index contributed by atoms with van der Waals surface area (Å²) in [5.74, 6) is 0. The standard InChI is InChI=1S/C5H11N.CN2.Pd/c1-5(2,3)4-6;2-1-3;/h4H2,1-3H3;;. The molecule has 0 aromatic heterocycles. The Morgan fingerprint density at radius 1 is 1.50 bits per heavy atom. The maximum absolute atomic E-state index is 8.03. The molecule has 0 aliphatic heterocycles. The van der Waals surface area contributed by atoms with Crippen molar-refractivity contribution in [2.45, 2.75) is 20.8 Å². The third-order valence-corrected chi connectivity index (χ3v) is 1.41. The average Bonchev–Trinajstić information content (AvgIpc) is 1.78. The number of hydrogen-bond donors (Lipinski definition) is 0. The molecule has 0 heterocycles. The molecule has 0 aromatic rings. The fraction of sp³-hybridized carbons (Fsp3) is 0.833. The summed E-state index contributed by atoms with van der Waals surface area (Å²) in [4.78, 5) is 0. The van der Waals surface area contributed by atoms with Gasteiger partial charge in [-0.25, -0.2) is 0 Å². The van der Waals surface area contributed by atoms with Gasteiger partial charge in [0.1, 0.15) is 0 Å². The van der Waals surface area contributed by atoms with Crippen molar-refractivity contribution in [2.75, 3.05) is 6.54 Å². The second kappa shape index (κ2) is 4.55. The Balaban J connectivity index is 3.78. The molecule has 0 atom stereocenters. The van der Waals surface area contributed by atoms with Crippen LogP contribution in [0.1, 0.15) is 20.8 Å². The molecule has 0 radical (unpaired) electrons. The first-order valence-electron chi connectivity index (χ1n) is 2.90. The van der Waals surface area contributed by atoms with Gasteiger partial charge in [0.2, 0.25) is 0 Å². The van der Waals surface area contributed by atoms with Crippen LogP contribution in [0.4, 0.5) is 0 Å². The fourth-order valence-corrected chi connectivity index (χ4v) is 1.24. The molecular weight excluding hydrogens is 221 g/mol. The summed E-state index contributed by atoms with van der Waals surface area (Å²) in [6, 6.07) is 0. The van der Waals surface area contributed by atoms with Crippen LogP contribution in [0.25, 0.3) is 0 Å². The summed E-state index contributed by atoms with van der Waals surface area (Å²) < 4.78 is 7.56. The van der Waals surface area contributed by atoms with Gasteiger partial charge in [-0.15, -0.1) is 0 Å². The van der Waals surface area contributed by atoms with Crippen LogP contribution in [-0.4, -0.2) is 6.54 Å². The van der Waals surface area contributed by atoms with E-state index in [-0.39, 0.29) is 23.0 Å². The monoisotopic (exact) mass is 231 g/mol. The van der Waals surface area contributed by atoms with Crippen LogP contribution in [-0.2, 0) is 17.6 Å². The molecular formula is C6H11N3Pd. The second-order valence-electron chi connectivity index (χ2n) is 3.05. The molecule has 0 aromatic carbocycles. The number of nitriles is 1. The van der Waals surface area contributed by atoms with E-state index in [0.29, 0.717) is 0 Å². The van der Waals surface area contributed by atoms with Crippen LogP contribution in [0.2, 0.25) is 0 Å². The van der Waals surface area contributed by atoms with Gasteiger partial charge in [-0.1, -0.05) is 0 Å². The molecule has 10 heavy (non-hydrogen) atoms. The van der Waals surface area contributed by atoms with Gasteiger partial charge in [0.15, 0.2) is 0 Å². The predicted octanol–water partition coefficient (Wildman–Crippen LogP) is 1.96. The fourth-order valence-electron chi connectivity index (χ4n) is 0.209. The quantitative estimate of drug-likeness (QED) is 0.503. The van der Waals surface area contributed by atoms with Crippen molar-refractivity contribution in [1.82, 2.24) is 0 Å². The zero-order chi connectivity index (χ0) is 8.04. The SMILES string of the molecule is CC(C)(C)C[N]=[Pd]=[N]C#N. The minimum absolute atomic E-state index is 0.0802. The van der Waals surface area contributed by atoms with Crippen LogP contribution >= 0.6 is 0 Å². The third kappa shape index (κ3) is 7.75. The van der Waals surface area contributed by atoms with Crippen molar-refractivity contribution >= 4 is 0 Å². The molecule has 0 aliphatic carbocycles. The predicted molar refractivity (Wildman–Crippen MR) is 34.8 cm³/mol. The Labute approximate surface area is 69.3 Å². The Hall–Kier alpha value is -0.248. The van der Waals surface area contributed by atoms with Crippen LogP contribution in [0.5, 0.6) is 0 Å². The molecule has 0 fully saturated rings. The van der Waals surface area contributed by atoms with E-state index in [2.05, 4.69) is 27.9 Å². The van der Waals surface area contributed by atoms with Crippen LogP contribution in [0.15, 0.2) is 7.14 Å². The summed E-state index contributed by atoms with van der Waals surface area (Å²) in [5.41, 5.74) is 0.226. The summed E-state index contributed by atoms with van der Waals surface area (Å²) in [6.07, 6.45) is 1.71. The molecule has 4 heteroatoms. The molecule has 0 amide bonds. The molecule has 0 N–H and O–H groups in total. The Kier molecular flexibility index (Phi) is 4.44. The van der Waals surface area contributed by atoms with Gasteiger partial charge in [-0.05, 0) is 0 Å². The van der Waals surface area contributed by atoms with E-state index in [9.17, 15) is 0 Å². The van der Waals surface area contributed by atoms with Gasteiger partial charge in [0.05, 0.1) is 0 Å². The van der Waals surface area contributed by atoms with Gasteiger partial charge in [0, 0.05) is 0 Å². The van der Waals surface area contributed by atoms with E-state index in [1.807, 2.05) is 0 Å². The topological polar surface area (TPSA) is 48.5 Å². The van der Waals surface area contributed by atoms with E-state index in [1.54, 1.807) is 6.19 Å². The van der Waals surface area contributed by atoms with Gasteiger partial charge >= 0.3 is 68.9 Å². The van der Waals surface area contributed by atoms with E-state index >= 15 is 0 Å². The van der Waals surface area contributed by atoms with Crippen molar-refractivity contribution < 1.29 is 17.6 Å². The Morgan fingerprint density at radius 3 is 2.50 bits per heavy atom. The number of rotatable bonds is 1. The van der Waals surface area contributed by atoms with Crippen molar-refractivity contribution in [3.63, 3.8) is 0 Å².